The van der Waals surface area contributed by atoms with Crippen LogP contribution in [0.15, 0.2) is 52.9 Å². The van der Waals surface area contributed by atoms with Crippen LogP contribution >= 0.6 is 11.6 Å². The summed E-state index contributed by atoms with van der Waals surface area (Å²) < 4.78 is 11.1. The molecule has 0 bridgehead atoms. The molecule has 4 nitrogen and oxygen atoms in total. The third-order valence-electron chi connectivity index (χ3n) is 4.18. The molecule has 0 saturated heterocycles. The van der Waals surface area contributed by atoms with Crippen molar-refractivity contribution in [3.05, 3.63) is 70.4 Å². The molecule has 1 N–H and O–H groups in total. The van der Waals surface area contributed by atoms with Crippen molar-refractivity contribution >= 4 is 28.5 Å². The van der Waals surface area contributed by atoms with Crippen molar-refractivity contribution in [2.24, 2.45) is 0 Å². The zero-order chi connectivity index (χ0) is 17.8. The van der Waals surface area contributed by atoms with E-state index < -0.39 is 0 Å². The van der Waals surface area contributed by atoms with Crippen molar-refractivity contribution < 1.29 is 13.9 Å². The number of para-hydroxylation sites is 1. The molecule has 130 valence electrons. The predicted octanol–water partition coefficient (Wildman–Crippen LogP) is 5.11. The molecule has 0 spiro atoms. The highest BCUT2D eigenvalue weighted by Gasteiger charge is 2.22. The summed E-state index contributed by atoms with van der Waals surface area (Å²) in [6.45, 7) is 2.34. The summed E-state index contributed by atoms with van der Waals surface area (Å²) in [4.78, 5) is 12.8. The van der Waals surface area contributed by atoms with E-state index in [4.69, 9.17) is 20.8 Å². The van der Waals surface area contributed by atoms with Gasteiger partial charge in [-0.25, -0.2) is 0 Å². The third kappa shape index (κ3) is 3.70. The maximum Gasteiger partial charge on any atom is 0.287 e. The van der Waals surface area contributed by atoms with E-state index in [0.29, 0.717) is 23.0 Å². The molecule has 25 heavy (non-hydrogen) atoms. The molecule has 3 aromatic rings. The molecule has 2 aromatic carbocycles. The van der Waals surface area contributed by atoms with Gasteiger partial charge >= 0.3 is 0 Å². The van der Waals surface area contributed by atoms with Gasteiger partial charge in [-0.3, -0.25) is 4.79 Å². The van der Waals surface area contributed by atoms with Crippen LogP contribution in [0, 0.1) is 0 Å². The van der Waals surface area contributed by atoms with Gasteiger partial charge in [0.25, 0.3) is 5.91 Å². The summed E-state index contributed by atoms with van der Waals surface area (Å²) in [6.07, 6.45) is 0.757. The van der Waals surface area contributed by atoms with Crippen LogP contribution in [0.1, 0.15) is 41.1 Å². The Labute approximate surface area is 151 Å². The van der Waals surface area contributed by atoms with Gasteiger partial charge in [0.1, 0.15) is 5.58 Å². The lowest BCUT2D eigenvalue weighted by molar-refractivity contribution is 0.0903. The molecule has 1 heterocycles. The monoisotopic (exact) mass is 357 g/mol. The standard InChI is InChI=1S/C20H20ClNO3/c1-3-17(13-8-10-14(21)11-9-13)22-20(23)19-16(12-24-2)15-6-4-5-7-18(15)25-19/h4-11,17H,3,12H2,1-2H3,(H,22,23). The van der Waals surface area contributed by atoms with Crippen LogP contribution in [0.3, 0.4) is 0 Å². The molecule has 3 rings (SSSR count). The number of ether oxygens (including phenoxy) is 1. The minimum Gasteiger partial charge on any atom is -0.451 e. The van der Waals surface area contributed by atoms with Crippen molar-refractivity contribution in [3.8, 4) is 0 Å². The number of benzene rings is 2. The number of methoxy groups -OCH3 is 1. The number of nitrogens with one attached hydrogen (secondary N) is 1. The Morgan fingerprint density at radius 1 is 1.20 bits per heavy atom. The van der Waals surface area contributed by atoms with Gasteiger partial charge in [-0.1, -0.05) is 48.9 Å². The van der Waals surface area contributed by atoms with Gasteiger partial charge in [0.05, 0.1) is 12.6 Å². The van der Waals surface area contributed by atoms with Gasteiger partial charge in [-0.2, -0.15) is 0 Å². The van der Waals surface area contributed by atoms with E-state index in [1.54, 1.807) is 7.11 Å². The van der Waals surface area contributed by atoms with E-state index in [-0.39, 0.29) is 11.9 Å². The predicted molar refractivity (Wildman–Crippen MR) is 98.9 cm³/mol. The number of furan rings is 1. The number of hydrogen-bond donors (Lipinski definition) is 1. The van der Waals surface area contributed by atoms with E-state index in [0.717, 1.165) is 22.9 Å². The fourth-order valence-electron chi connectivity index (χ4n) is 2.91. The van der Waals surface area contributed by atoms with Crippen LogP contribution < -0.4 is 5.32 Å². The van der Waals surface area contributed by atoms with Gasteiger partial charge in [-0.05, 0) is 30.2 Å². The SMILES string of the molecule is CCC(NC(=O)c1oc2ccccc2c1COC)c1ccc(Cl)cc1. The largest absolute Gasteiger partial charge is 0.451 e. The average molecular weight is 358 g/mol. The molecule has 0 saturated carbocycles. The highest BCUT2D eigenvalue weighted by molar-refractivity contribution is 6.30. The minimum atomic E-state index is -0.245. The molecular formula is C20H20ClNO3. The summed E-state index contributed by atoms with van der Waals surface area (Å²) in [7, 11) is 1.60. The summed E-state index contributed by atoms with van der Waals surface area (Å²) in [6, 6.07) is 15.0. The van der Waals surface area contributed by atoms with Crippen LogP contribution in [0.2, 0.25) is 5.02 Å². The fourth-order valence-corrected chi connectivity index (χ4v) is 3.04. The number of carbonyl (C=O) groups excluding carboxylic acids is 1. The molecule has 5 heteroatoms. The maximum absolute atomic E-state index is 12.8. The van der Waals surface area contributed by atoms with Gasteiger partial charge in [0, 0.05) is 23.1 Å². The second-order valence-electron chi connectivity index (χ2n) is 5.82. The number of halogens is 1. The molecule has 0 aliphatic rings. The third-order valence-corrected chi connectivity index (χ3v) is 4.43. The molecule has 1 amide bonds. The number of carbonyl (C=O) groups is 1. The van der Waals surface area contributed by atoms with E-state index in [9.17, 15) is 4.79 Å². The van der Waals surface area contributed by atoms with Crippen molar-refractivity contribution in [1.29, 1.82) is 0 Å². The summed E-state index contributed by atoms with van der Waals surface area (Å²) >= 11 is 5.95. The Bertz CT molecular complexity index is 870. The van der Waals surface area contributed by atoms with E-state index >= 15 is 0 Å². The second kappa shape index (κ2) is 7.72. The number of hydrogen-bond acceptors (Lipinski definition) is 3. The normalized spacial score (nSPS) is 12.3. The Morgan fingerprint density at radius 2 is 1.92 bits per heavy atom. The Kier molecular flexibility index (Phi) is 5.41. The quantitative estimate of drug-likeness (QED) is 0.666. The lowest BCUT2D eigenvalue weighted by Gasteiger charge is -2.17. The second-order valence-corrected chi connectivity index (χ2v) is 6.26. The molecule has 0 aliphatic carbocycles. The lowest BCUT2D eigenvalue weighted by atomic mass is 10.0. The summed E-state index contributed by atoms with van der Waals surface area (Å²) in [5, 5.41) is 4.62. The molecule has 1 aromatic heterocycles. The van der Waals surface area contributed by atoms with Gasteiger partial charge in [0.2, 0.25) is 0 Å². The van der Waals surface area contributed by atoms with E-state index in [2.05, 4.69) is 5.32 Å². The van der Waals surface area contributed by atoms with Crippen molar-refractivity contribution in [3.63, 3.8) is 0 Å². The Balaban J connectivity index is 1.90. The van der Waals surface area contributed by atoms with Crippen LogP contribution in [0.5, 0.6) is 0 Å². The smallest absolute Gasteiger partial charge is 0.287 e. The summed E-state index contributed by atoms with van der Waals surface area (Å²) in [5.74, 6) is 0.0560. The van der Waals surface area contributed by atoms with Crippen LogP contribution in [0.4, 0.5) is 0 Å². The lowest BCUT2D eigenvalue weighted by Crippen LogP contribution is -2.28. The topological polar surface area (TPSA) is 51.5 Å². The van der Waals surface area contributed by atoms with E-state index in [1.807, 2.05) is 55.5 Å². The first-order valence-corrected chi connectivity index (χ1v) is 8.57. The first-order chi connectivity index (χ1) is 12.1. The number of amides is 1. The highest BCUT2D eigenvalue weighted by atomic mass is 35.5. The molecule has 0 fully saturated rings. The molecule has 0 radical (unpaired) electrons. The highest BCUT2D eigenvalue weighted by Crippen LogP contribution is 2.27. The minimum absolute atomic E-state index is 0.117. The van der Waals surface area contributed by atoms with Crippen molar-refractivity contribution in [1.82, 2.24) is 5.32 Å². The zero-order valence-electron chi connectivity index (χ0n) is 14.2. The van der Waals surface area contributed by atoms with Crippen molar-refractivity contribution in [2.75, 3.05) is 7.11 Å². The van der Waals surface area contributed by atoms with Crippen molar-refractivity contribution in [2.45, 2.75) is 26.0 Å². The average Bonchev–Trinajstić information content (AvgIpc) is 3.00. The molecular weight excluding hydrogens is 338 g/mol. The Morgan fingerprint density at radius 3 is 2.60 bits per heavy atom. The molecule has 0 aliphatic heterocycles. The van der Waals surface area contributed by atoms with Gasteiger partial charge in [0.15, 0.2) is 5.76 Å². The van der Waals surface area contributed by atoms with Crippen LogP contribution in [0.25, 0.3) is 11.0 Å². The maximum atomic E-state index is 12.8. The Hall–Kier alpha value is -2.30. The molecule has 1 unspecified atom stereocenters. The van der Waals surface area contributed by atoms with Gasteiger partial charge < -0.3 is 14.5 Å². The number of rotatable bonds is 6. The fraction of sp³-hybridized carbons (Fsp3) is 0.250. The van der Waals surface area contributed by atoms with E-state index in [1.165, 1.54) is 0 Å². The van der Waals surface area contributed by atoms with Crippen LogP contribution in [-0.2, 0) is 11.3 Å². The van der Waals surface area contributed by atoms with Gasteiger partial charge in [-0.15, -0.1) is 0 Å². The first kappa shape index (κ1) is 17.5. The van der Waals surface area contributed by atoms with Crippen LogP contribution in [-0.4, -0.2) is 13.0 Å². The summed E-state index contributed by atoms with van der Waals surface area (Å²) in [5.41, 5.74) is 2.45. The first-order valence-electron chi connectivity index (χ1n) is 8.19. The molecule has 1 atom stereocenters. The number of fused-ring (bicyclic) bond motifs is 1. The zero-order valence-corrected chi connectivity index (χ0v) is 15.0.